The number of nitrogens with one attached hydrogen (secondary N) is 1. The van der Waals surface area contributed by atoms with Gasteiger partial charge in [-0.25, -0.2) is 0 Å². The third-order valence-corrected chi connectivity index (χ3v) is 4.05. The van der Waals surface area contributed by atoms with E-state index >= 15 is 0 Å². The van der Waals surface area contributed by atoms with Gasteiger partial charge in [0.05, 0.1) is 5.92 Å². The van der Waals surface area contributed by atoms with E-state index in [9.17, 15) is 9.59 Å². The van der Waals surface area contributed by atoms with Gasteiger partial charge in [0.25, 0.3) is 0 Å². The molecule has 1 rings (SSSR count). The van der Waals surface area contributed by atoms with Gasteiger partial charge in [0.1, 0.15) is 0 Å². The molecule has 1 N–H and O–H groups in total. The summed E-state index contributed by atoms with van der Waals surface area (Å²) >= 11 is 0. The average Bonchev–Trinajstić information content (AvgIpc) is 2.45. The fourth-order valence-corrected chi connectivity index (χ4v) is 2.76. The third-order valence-electron chi connectivity index (χ3n) is 4.05. The number of hydrogen-bond acceptors (Lipinski definition) is 2. The van der Waals surface area contributed by atoms with Crippen molar-refractivity contribution in [3.05, 3.63) is 0 Å². The second-order valence-corrected chi connectivity index (χ2v) is 7.19. The normalized spacial score (nSPS) is 19.4. The number of amides is 2. The zero-order chi connectivity index (χ0) is 15.9. The van der Waals surface area contributed by atoms with Gasteiger partial charge in [-0.05, 0) is 19.3 Å². The predicted molar refractivity (Wildman–Crippen MR) is 85.9 cm³/mol. The van der Waals surface area contributed by atoms with Gasteiger partial charge in [0.2, 0.25) is 11.8 Å². The lowest BCUT2D eigenvalue weighted by molar-refractivity contribution is -0.142. The van der Waals surface area contributed by atoms with Crippen molar-refractivity contribution in [1.82, 2.24) is 10.2 Å². The van der Waals surface area contributed by atoms with Crippen molar-refractivity contribution in [2.45, 2.75) is 66.2 Å². The molecule has 0 aromatic carbocycles. The van der Waals surface area contributed by atoms with E-state index in [0.717, 1.165) is 32.4 Å². The zero-order valence-corrected chi connectivity index (χ0v) is 14.2. The minimum atomic E-state index is -0.363. The van der Waals surface area contributed by atoms with Gasteiger partial charge >= 0.3 is 0 Å². The van der Waals surface area contributed by atoms with Crippen LogP contribution in [0.3, 0.4) is 0 Å². The molecule has 0 saturated carbocycles. The summed E-state index contributed by atoms with van der Waals surface area (Å²) in [7, 11) is 0. The summed E-state index contributed by atoms with van der Waals surface area (Å²) in [4.78, 5) is 26.4. The van der Waals surface area contributed by atoms with Crippen molar-refractivity contribution < 1.29 is 9.59 Å². The van der Waals surface area contributed by atoms with Crippen molar-refractivity contribution in [3.63, 3.8) is 0 Å². The van der Waals surface area contributed by atoms with Crippen molar-refractivity contribution in [3.8, 4) is 0 Å². The topological polar surface area (TPSA) is 49.4 Å². The van der Waals surface area contributed by atoms with E-state index in [1.807, 2.05) is 25.7 Å². The molecule has 1 atom stereocenters. The van der Waals surface area contributed by atoms with Crippen LogP contribution in [-0.4, -0.2) is 36.3 Å². The highest BCUT2D eigenvalue weighted by Crippen LogP contribution is 2.23. The SMILES string of the molecule is CCCCCCNC(=O)C1CCCN(C(=O)C(C)(C)C)C1. The van der Waals surface area contributed by atoms with Crippen molar-refractivity contribution in [2.24, 2.45) is 11.3 Å². The molecule has 1 aliphatic heterocycles. The number of carbonyl (C=O) groups is 2. The molecule has 0 aromatic rings. The van der Waals surface area contributed by atoms with Crippen LogP contribution in [0.2, 0.25) is 0 Å². The van der Waals surface area contributed by atoms with Gasteiger partial charge in [-0.1, -0.05) is 47.0 Å². The van der Waals surface area contributed by atoms with Crippen molar-refractivity contribution in [2.75, 3.05) is 19.6 Å². The quantitative estimate of drug-likeness (QED) is 0.766. The Labute approximate surface area is 129 Å². The molecule has 122 valence electrons. The summed E-state index contributed by atoms with van der Waals surface area (Å²) in [6.45, 7) is 10.1. The molecule has 0 aromatic heterocycles. The van der Waals surface area contributed by atoms with E-state index in [0.29, 0.717) is 6.54 Å². The molecule has 4 nitrogen and oxygen atoms in total. The third kappa shape index (κ3) is 6.06. The monoisotopic (exact) mass is 296 g/mol. The van der Waals surface area contributed by atoms with Gasteiger partial charge in [0.15, 0.2) is 0 Å². The van der Waals surface area contributed by atoms with Crippen molar-refractivity contribution >= 4 is 11.8 Å². The number of unbranched alkanes of at least 4 members (excludes halogenated alkanes) is 3. The van der Waals surface area contributed by atoms with Crippen LogP contribution in [-0.2, 0) is 9.59 Å². The molecule has 4 heteroatoms. The standard InChI is InChI=1S/C17H32N2O2/c1-5-6-7-8-11-18-15(20)14-10-9-12-19(13-14)16(21)17(2,3)4/h14H,5-13H2,1-4H3,(H,18,20). The summed E-state index contributed by atoms with van der Waals surface area (Å²) < 4.78 is 0. The van der Waals surface area contributed by atoms with Crippen molar-refractivity contribution in [1.29, 1.82) is 0 Å². The predicted octanol–water partition coefficient (Wildman–Crippen LogP) is 2.97. The Bertz CT molecular complexity index is 347. The fourth-order valence-electron chi connectivity index (χ4n) is 2.76. The number of nitrogens with zero attached hydrogens (tertiary/aromatic N) is 1. The van der Waals surface area contributed by atoms with Crippen LogP contribution < -0.4 is 5.32 Å². The lowest BCUT2D eigenvalue weighted by Crippen LogP contribution is -2.48. The highest BCUT2D eigenvalue weighted by Gasteiger charge is 2.33. The molecule has 0 spiro atoms. The molecule has 1 fully saturated rings. The first-order valence-electron chi connectivity index (χ1n) is 8.43. The zero-order valence-electron chi connectivity index (χ0n) is 14.2. The van der Waals surface area contributed by atoms with Gasteiger partial charge < -0.3 is 10.2 Å². The van der Waals surface area contributed by atoms with E-state index < -0.39 is 0 Å². The summed E-state index contributed by atoms with van der Waals surface area (Å²) in [6, 6.07) is 0. The molecule has 0 aliphatic carbocycles. The van der Waals surface area contributed by atoms with Crippen LogP contribution in [0.1, 0.15) is 66.2 Å². The van der Waals surface area contributed by atoms with Crippen LogP contribution in [0.15, 0.2) is 0 Å². The summed E-state index contributed by atoms with van der Waals surface area (Å²) in [5, 5.41) is 3.03. The smallest absolute Gasteiger partial charge is 0.227 e. The second kappa shape index (κ2) is 8.40. The number of hydrogen-bond donors (Lipinski definition) is 1. The lowest BCUT2D eigenvalue weighted by atomic mass is 9.91. The Hall–Kier alpha value is -1.06. The molecule has 1 heterocycles. The maximum Gasteiger partial charge on any atom is 0.227 e. The molecule has 2 amide bonds. The van der Waals surface area contributed by atoms with Crippen LogP contribution in [0, 0.1) is 11.3 Å². The molecule has 1 aliphatic rings. The molecule has 1 unspecified atom stereocenters. The van der Waals surface area contributed by atoms with E-state index in [1.54, 1.807) is 0 Å². The first-order valence-corrected chi connectivity index (χ1v) is 8.43. The van der Waals surface area contributed by atoms with Crippen LogP contribution >= 0.6 is 0 Å². The summed E-state index contributed by atoms with van der Waals surface area (Å²) in [5.41, 5.74) is -0.363. The number of likely N-dealkylation sites (tertiary alicyclic amines) is 1. The molecule has 21 heavy (non-hydrogen) atoms. The van der Waals surface area contributed by atoms with Crippen LogP contribution in [0.5, 0.6) is 0 Å². The number of rotatable bonds is 6. The maximum atomic E-state index is 12.3. The Balaban J connectivity index is 2.38. The first kappa shape index (κ1) is 18.0. The number of carbonyl (C=O) groups excluding carboxylic acids is 2. The first-order chi connectivity index (χ1) is 9.86. The van der Waals surface area contributed by atoms with Crippen LogP contribution in [0.25, 0.3) is 0 Å². The summed E-state index contributed by atoms with van der Waals surface area (Å²) in [5.74, 6) is 0.247. The van der Waals surface area contributed by atoms with Gasteiger partial charge in [-0.15, -0.1) is 0 Å². The molecule has 1 saturated heterocycles. The van der Waals surface area contributed by atoms with Gasteiger partial charge in [-0.2, -0.15) is 0 Å². The van der Waals surface area contributed by atoms with Gasteiger partial charge in [0, 0.05) is 25.0 Å². The highest BCUT2D eigenvalue weighted by atomic mass is 16.2. The Morgan fingerprint density at radius 2 is 1.90 bits per heavy atom. The Morgan fingerprint density at radius 3 is 2.52 bits per heavy atom. The minimum absolute atomic E-state index is 0.0313. The molecule has 0 radical (unpaired) electrons. The summed E-state index contributed by atoms with van der Waals surface area (Å²) in [6.07, 6.45) is 6.49. The average molecular weight is 296 g/mol. The van der Waals surface area contributed by atoms with E-state index in [1.165, 1.54) is 19.3 Å². The molecular formula is C17H32N2O2. The van der Waals surface area contributed by atoms with E-state index in [4.69, 9.17) is 0 Å². The molecule has 0 bridgehead atoms. The van der Waals surface area contributed by atoms with E-state index in [2.05, 4.69) is 12.2 Å². The highest BCUT2D eigenvalue weighted by molar-refractivity contribution is 5.83. The lowest BCUT2D eigenvalue weighted by Gasteiger charge is -2.35. The van der Waals surface area contributed by atoms with E-state index in [-0.39, 0.29) is 23.1 Å². The Morgan fingerprint density at radius 1 is 1.19 bits per heavy atom. The molecular weight excluding hydrogens is 264 g/mol. The fraction of sp³-hybridized carbons (Fsp3) is 0.882. The van der Waals surface area contributed by atoms with Gasteiger partial charge in [-0.3, -0.25) is 9.59 Å². The largest absolute Gasteiger partial charge is 0.356 e. The maximum absolute atomic E-state index is 12.3. The minimum Gasteiger partial charge on any atom is -0.356 e. The Kier molecular flexibility index (Phi) is 7.20. The van der Waals surface area contributed by atoms with Crippen LogP contribution in [0.4, 0.5) is 0 Å². The number of piperidine rings is 1. The second-order valence-electron chi connectivity index (χ2n) is 7.19.